The van der Waals surface area contributed by atoms with E-state index in [1.807, 2.05) is 19.9 Å². The second-order valence-electron chi connectivity index (χ2n) is 4.66. The van der Waals surface area contributed by atoms with Crippen LogP contribution < -0.4 is 0 Å². The SMILES string of the molecule is CCOC1CC(CC(=O)c2ccc(CC)o2)C1. The Labute approximate surface area is 102 Å². The lowest BCUT2D eigenvalue weighted by Gasteiger charge is -2.34. The summed E-state index contributed by atoms with van der Waals surface area (Å²) in [6.45, 7) is 4.79. The zero-order valence-corrected chi connectivity index (χ0v) is 10.6. The molecule has 1 aromatic heterocycles. The number of ether oxygens (including phenoxy) is 1. The molecule has 0 amide bonds. The second kappa shape index (κ2) is 5.50. The molecule has 0 atom stereocenters. The highest BCUT2D eigenvalue weighted by molar-refractivity contribution is 5.93. The number of furan rings is 1. The fourth-order valence-corrected chi connectivity index (χ4v) is 2.29. The molecule has 1 saturated carbocycles. The molecule has 0 N–H and O–H groups in total. The van der Waals surface area contributed by atoms with E-state index in [4.69, 9.17) is 9.15 Å². The first-order valence-corrected chi connectivity index (χ1v) is 6.46. The minimum atomic E-state index is 0.129. The van der Waals surface area contributed by atoms with E-state index in [-0.39, 0.29) is 5.78 Å². The molecular formula is C14H20O3. The van der Waals surface area contributed by atoms with E-state index in [0.717, 1.165) is 31.6 Å². The quantitative estimate of drug-likeness (QED) is 0.712. The highest BCUT2D eigenvalue weighted by Crippen LogP contribution is 2.33. The average Bonchev–Trinajstić information content (AvgIpc) is 2.74. The third-order valence-electron chi connectivity index (χ3n) is 3.35. The van der Waals surface area contributed by atoms with Gasteiger partial charge in [-0.1, -0.05) is 6.92 Å². The first-order valence-electron chi connectivity index (χ1n) is 6.46. The maximum absolute atomic E-state index is 11.9. The third kappa shape index (κ3) is 2.97. The van der Waals surface area contributed by atoms with Gasteiger partial charge in [-0.2, -0.15) is 0 Å². The zero-order chi connectivity index (χ0) is 12.3. The Hall–Kier alpha value is -1.09. The van der Waals surface area contributed by atoms with Crippen LogP contribution in [0.15, 0.2) is 16.5 Å². The molecule has 94 valence electrons. The largest absolute Gasteiger partial charge is 0.458 e. The molecule has 2 rings (SSSR count). The highest BCUT2D eigenvalue weighted by Gasteiger charge is 2.31. The van der Waals surface area contributed by atoms with Gasteiger partial charge in [-0.25, -0.2) is 0 Å². The molecule has 0 saturated heterocycles. The number of carbonyl (C=O) groups is 1. The molecule has 1 aliphatic carbocycles. The van der Waals surface area contributed by atoms with E-state index in [9.17, 15) is 4.79 Å². The summed E-state index contributed by atoms with van der Waals surface area (Å²) in [5, 5.41) is 0. The average molecular weight is 236 g/mol. The Morgan fingerprint density at radius 3 is 2.76 bits per heavy atom. The van der Waals surface area contributed by atoms with Crippen LogP contribution in [0.5, 0.6) is 0 Å². The van der Waals surface area contributed by atoms with Crippen molar-refractivity contribution < 1.29 is 13.9 Å². The Kier molecular flexibility index (Phi) is 4.00. The van der Waals surface area contributed by atoms with Gasteiger partial charge in [0.1, 0.15) is 5.76 Å². The van der Waals surface area contributed by atoms with Crippen molar-refractivity contribution in [3.05, 3.63) is 23.7 Å². The van der Waals surface area contributed by atoms with Crippen molar-refractivity contribution in [3.8, 4) is 0 Å². The zero-order valence-electron chi connectivity index (χ0n) is 10.6. The fraction of sp³-hybridized carbons (Fsp3) is 0.643. The van der Waals surface area contributed by atoms with Crippen LogP contribution in [0, 0.1) is 5.92 Å². The Morgan fingerprint density at radius 1 is 1.41 bits per heavy atom. The number of aryl methyl sites for hydroxylation is 1. The third-order valence-corrected chi connectivity index (χ3v) is 3.35. The summed E-state index contributed by atoms with van der Waals surface area (Å²) in [7, 11) is 0. The summed E-state index contributed by atoms with van der Waals surface area (Å²) < 4.78 is 10.9. The smallest absolute Gasteiger partial charge is 0.198 e. The molecule has 0 bridgehead atoms. The summed E-state index contributed by atoms with van der Waals surface area (Å²) in [4.78, 5) is 11.9. The van der Waals surface area contributed by atoms with Gasteiger partial charge in [-0.15, -0.1) is 0 Å². The predicted molar refractivity (Wildman–Crippen MR) is 65.2 cm³/mol. The van der Waals surface area contributed by atoms with Crippen molar-refractivity contribution in [1.29, 1.82) is 0 Å². The van der Waals surface area contributed by atoms with Gasteiger partial charge in [0, 0.05) is 19.4 Å². The van der Waals surface area contributed by atoms with Crippen LogP contribution in [-0.2, 0) is 11.2 Å². The van der Waals surface area contributed by atoms with Crippen molar-refractivity contribution in [1.82, 2.24) is 0 Å². The lowest BCUT2D eigenvalue weighted by Crippen LogP contribution is -2.32. The lowest BCUT2D eigenvalue weighted by molar-refractivity contribution is -0.0247. The maximum Gasteiger partial charge on any atom is 0.198 e. The molecule has 1 heterocycles. The fourth-order valence-electron chi connectivity index (χ4n) is 2.29. The monoisotopic (exact) mass is 236 g/mol. The molecule has 0 aromatic carbocycles. The predicted octanol–water partition coefficient (Wildman–Crippen LogP) is 3.23. The highest BCUT2D eigenvalue weighted by atomic mass is 16.5. The molecule has 3 heteroatoms. The van der Waals surface area contributed by atoms with Gasteiger partial charge in [0.05, 0.1) is 6.10 Å². The number of carbonyl (C=O) groups excluding carboxylic acids is 1. The van der Waals surface area contributed by atoms with Gasteiger partial charge in [0.2, 0.25) is 0 Å². The molecule has 3 nitrogen and oxygen atoms in total. The van der Waals surface area contributed by atoms with Crippen LogP contribution in [0.2, 0.25) is 0 Å². The van der Waals surface area contributed by atoms with Crippen LogP contribution in [0.4, 0.5) is 0 Å². The number of ketones is 1. The molecule has 0 spiro atoms. The van der Waals surface area contributed by atoms with E-state index in [1.165, 1.54) is 0 Å². The number of rotatable bonds is 6. The Balaban J connectivity index is 1.78. The molecule has 1 aliphatic rings. The molecule has 0 radical (unpaired) electrons. The van der Waals surface area contributed by atoms with E-state index in [1.54, 1.807) is 6.07 Å². The molecule has 0 aliphatic heterocycles. The standard InChI is InChI=1S/C14H20O3/c1-3-11-5-6-14(17-11)13(15)9-10-7-12(8-10)16-4-2/h5-6,10,12H,3-4,7-9H2,1-2H3. The van der Waals surface area contributed by atoms with Crippen molar-refractivity contribution in [2.75, 3.05) is 6.61 Å². The molecule has 1 fully saturated rings. The maximum atomic E-state index is 11.9. The van der Waals surface area contributed by atoms with Crippen LogP contribution in [0.1, 0.15) is 49.4 Å². The van der Waals surface area contributed by atoms with E-state index in [2.05, 4.69) is 0 Å². The summed E-state index contributed by atoms with van der Waals surface area (Å²) in [5.74, 6) is 2.01. The topological polar surface area (TPSA) is 39.4 Å². The second-order valence-corrected chi connectivity index (χ2v) is 4.66. The van der Waals surface area contributed by atoms with Crippen molar-refractivity contribution in [2.45, 2.75) is 45.6 Å². The summed E-state index contributed by atoms with van der Waals surface area (Å²) in [5.41, 5.74) is 0. The minimum absolute atomic E-state index is 0.129. The molecule has 1 aromatic rings. The summed E-state index contributed by atoms with van der Waals surface area (Å²) in [6.07, 6.45) is 3.84. The summed E-state index contributed by atoms with van der Waals surface area (Å²) >= 11 is 0. The van der Waals surface area contributed by atoms with Gasteiger partial charge < -0.3 is 9.15 Å². The van der Waals surface area contributed by atoms with E-state index in [0.29, 0.717) is 24.2 Å². The first kappa shape index (κ1) is 12.4. The first-order chi connectivity index (χ1) is 8.22. The van der Waals surface area contributed by atoms with E-state index >= 15 is 0 Å². The van der Waals surface area contributed by atoms with Crippen molar-refractivity contribution in [2.24, 2.45) is 5.92 Å². The van der Waals surface area contributed by atoms with Gasteiger partial charge in [0.15, 0.2) is 11.5 Å². The lowest BCUT2D eigenvalue weighted by atomic mass is 9.79. The number of Topliss-reactive ketones (excluding diaryl/α,β-unsaturated/α-hetero) is 1. The number of hydrogen-bond acceptors (Lipinski definition) is 3. The molecule has 0 unspecified atom stereocenters. The Bertz CT molecular complexity index is 375. The van der Waals surface area contributed by atoms with Crippen LogP contribution in [0.25, 0.3) is 0 Å². The van der Waals surface area contributed by atoms with Gasteiger partial charge in [0.25, 0.3) is 0 Å². The normalized spacial score (nSPS) is 23.4. The molecule has 17 heavy (non-hydrogen) atoms. The summed E-state index contributed by atoms with van der Waals surface area (Å²) in [6, 6.07) is 3.68. The van der Waals surface area contributed by atoms with Crippen molar-refractivity contribution in [3.63, 3.8) is 0 Å². The van der Waals surface area contributed by atoms with Crippen LogP contribution >= 0.6 is 0 Å². The molecular weight excluding hydrogens is 216 g/mol. The van der Waals surface area contributed by atoms with Crippen LogP contribution in [-0.4, -0.2) is 18.5 Å². The van der Waals surface area contributed by atoms with E-state index < -0.39 is 0 Å². The Morgan fingerprint density at radius 2 is 2.18 bits per heavy atom. The van der Waals surface area contributed by atoms with Gasteiger partial charge >= 0.3 is 0 Å². The van der Waals surface area contributed by atoms with Crippen molar-refractivity contribution >= 4 is 5.78 Å². The van der Waals surface area contributed by atoms with Crippen LogP contribution in [0.3, 0.4) is 0 Å². The van der Waals surface area contributed by atoms with Gasteiger partial charge in [-0.3, -0.25) is 4.79 Å². The number of hydrogen-bond donors (Lipinski definition) is 0. The minimum Gasteiger partial charge on any atom is -0.458 e. The van der Waals surface area contributed by atoms with Gasteiger partial charge in [-0.05, 0) is 37.8 Å².